The number of nitrogens with zero attached hydrogens (tertiary/aromatic N) is 1. The third-order valence-electron chi connectivity index (χ3n) is 3.84. The first-order valence-electron chi connectivity index (χ1n) is 8.34. The van der Waals surface area contributed by atoms with Gasteiger partial charge >= 0.3 is 0 Å². The van der Waals surface area contributed by atoms with Gasteiger partial charge in [-0.15, -0.1) is 0 Å². The normalized spacial score (nSPS) is 11.3. The minimum Gasteiger partial charge on any atom is -0.492 e. The van der Waals surface area contributed by atoms with Crippen molar-refractivity contribution >= 4 is 15.9 Å². The topological polar surface area (TPSA) is 84.9 Å². The molecule has 0 unspecified atom stereocenters. The van der Waals surface area contributed by atoms with E-state index in [9.17, 15) is 13.2 Å². The molecule has 0 saturated carbocycles. The first kappa shape index (κ1) is 20.9. The van der Waals surface area contributed by atoms with Crippen LogP contribution >= 0.6 is 0 Å². The Morgan fingerprint density at radius 3 is 2.22 bits per heavy atom. The van der Waals surface area contributed by atoms with Gasteiger partial charge in [-0.05, 0) is 61.4 Å². The molecule has 7 nitrogen and oxygen atoms in total. The fraction of sp³-hybridized carbons (Fsp3) is 0.316. The lowest BCUT2D eigenvalue weighted by atomic mass is 10.1. The van der Waals surface area contributed by atoms with Gasteiger partial charge in [-0.3, -0.25) is 9.63 Å². The number of benzene rings is 2. The summed E-state index contributed by atoms with van der Waals surface area (Å²) in [5.74, 6) is 0.552. The van der Waals surface area contributed by atoms with Crippen LogP contribution in [0.1, 0.15) is 21.5 Å². The zero-order valence-electron chi connectivity index (χ0n) is 15.9. The van der Waals surface area contributed by atoms with Crippen LogP contribution in [0.2, 0.25) is 0 Å². The predicted molar refractivity (Wildman–Crippen MR) is 102 cm³/mol. The first-order valence-corrected chi connectivity index (χ1v) is 9.82. The van der Waals surface area contributed by atoms with Crippen LogP contribution in [-0.2, 0) is 14.9 Å². The SMILES string of the molecule is CONS(=O)(=O)c1ccc(C(=O)N(C)CCOc2cc(C)cc(C)c2)cc1. The van der Waals surface area contributed by atoms with E-state index < -0.39 is 10.0 Å². The van der Waals surface area contributed by atoms with Crippen LogP contribution in [0.3, 0.4) is 0 Å². The Bertz CT molecular complexity index is 875. The molecule has 0 aliphatic heterocycles. The molecule has 2 aromatic carbocycles. The lowest BCUT2D eigenvalue weighted by molar-refractivity contribution is 0.0773. The summed E-state index contributed by atoms with van der Waals surface area (Å²) < 4.78 is 29.4. The van der Waals surface area contributed by atoms with Crippen LogP contribution in [0, 0.1) is 13.8 Å². The van der Waals surface area contributed by atoms with Crippen LogP contribution in [0.15, 0.2) is 47.4 Å². The fourth-order valence-electron chi connectivity index (χ4n) is 2.57. The zero-order chi connectivity index (χ0) is 20.0. The summed E-state index contributed by atoms with van der Waals surface area (Å²) in [6, 6.07) is 11.6. The van der Waals surface area contributed by atoms with Crippen molar-refractivity contribution < 1.29 is 22.8 Å². The van der Waals surface area contributed by atoms with Gasteiger partial charge in [0.15, 0.2) is 0 Å². The molecule has 0 bridgehead atoms. The zero-order valence-corrected chi connectivity index (χ0v) is 16.7. The number of carbonyl (C=O) groups excluding carboxylic acids is 1. The highest BCUT2D eigenvalue weighted by molar-refractivity contribution is 7.89. The van der Waals surface area contributed by atoms with E-state index >= 15 is 0 Å². The summed E-state index contributed by atoms with van der Waals surface area (Å²) in [6.07, 6.45) is 0. The van der Waals surface area contributed by atoms with Crippen molar-refractivity contribution in [2.75, 3.05) is 27.3 Å². The second kappa shape index (κ2) is 8.98. The van der Waals surface area contributed by atoms with Crippen LogP contribution < -0.4 is 9.62 Å². The molecule has 0 heterocycles. The van der Waals surface area contributed by atoms with Crippen molar-refractivity contribution in [1.82, 2.24) is 9.79 Å². The molecule has 2 rings (SSSR count). The van der Waals surface area contributed by atoms with Gasteiger partial charge in [-0.2, -0.15) is 0 Å². The van der Waals surface area contributed by atoms with Gasteiger partial charge in [0.25, 0.3) is 15.9 Å². The number of aryl methyl sites for hydroxylation is 2. The average molecular weight is 392 g/mol. The van der Waals surface area contributed by atoms with E-state index in [1.807, 2.05) is 30.9 Å². The van der Waals surface area contributed by atoms with Crippen LogP contribution in [-0.4, -0.2) is 46.5 Å². The number of ether oxygens (including phenoxy) is 1. The highest BCUT2D eigenvalue weighted by atomic mass is 32.2. The van der Waals surface area contributed by atoms with Gasteiger partial charge in [0, 0.05) is 12.6 Å². The Hall–Kier alpha value is -2.42. The quantitative estimate of drug-likeness (QED) is 0.697. The Balaban J connectivity index is 1.94. The van der Waals surface area contributed by atoms with Crippen LogP contribution in [0.4, 0.5) is 0 Å². The summed E-state index contributed by atoms with van der Waals surface area (Å²) in [5, 5.41) is 0. The molecular formula is C19H24N2O5S. The molecule has 0 atom stereocenters. The van der Waals surface area contributed by atoms with Crippen molar-refractivity contribution in [2.45, 2.75) is 18.7 Å². The van der Waals surface area contributed by atoms with Crippen molar-refractivity contribution in [3.63, 3.8) is 0 Å². The molecule has 0 fully saturated rings. The van der Waals surface area contributed by atoms with Crippen LogP contribution in [0.5, 0.6) is 5.75 Å². The molecule has 0 spiro atoms. The summed E-state index contributed by atoms with van der Waals surface area (Å²) >= 11 is 0. The highest BCUT2D eigenvalue weighted by Gasteiger charge is 2.16. The van der Waals surface area contributed by atoms with E-state index in [0.717, 1.165) is 16.9 Å². The molecule has 1 amide bonds. The fourth-order valence-corrected chi connectivity index (χ4v) is 3.38. The second-order valence-corrected chi connectivity index (χ2v) is 7.86. The van der Waals surface area contributed by atoms with Crippen molar-refractivity contribution in [3.8, 4) is 5.75 Å². The monoisotopic (exact) mass is 392 g/mol. The molecule has 0 aliphatic rings. The number of hydrogen-bond acceptors (Lipinski definition) is 5. The lowest BCUT2D eigenvalue weighted by Gasteiger charge is -2.18. The maximum Gasteiger partial charge on any atom is 0.262 e. The van der Waals surface area contributed by atoms with E-state index in [2.05, 4.69) is 10.9 Å². The van der Waals surface area contributed by atoms with Gasteiger partial charge in [-0.1, -0.05) is 11.0 Å². The largest absolute Gasteiger partial charge is 0.492 e. The molecule has 1 N–H and O–H groups in total. The highest BCUT2D eigenvalue weighted by Crippen LogP contribution is 2.16. The maximum atomic E-state index is 12.5. The molecule has 8 heteroatoms. The average Bonchev–Trinajstić information content (AvgIpc) is 2.60. The number of amides is 1. The predicted octanol–water partition coefficient (Wildman–Crippen LogP) is 2.29. The maximum absolute atomic E-state index is 12.5. The van der Waals surface area contributed by atoms with E-state index in [4.69, 9.17) is 4.74 Å². The number of hydrogen-bond donors (Lipinski definition) is 1. The molecule has 0 aliphatic carbocycles. The molecule has 146 valence electrons. The van der Waals surface area contributed by atoms with Crippen molar-refractivity contribution in [3.05, 3.63) is 59.2 Å². The van der Waals surface area contributed by atoms with Crippen molar-refractivity contribution in [1.29, 1.82) is 0 Å². The molecular weight excluding hydrogens is 368 g/mol. The van der Waals surface area contributed by atoms with E-state index in [1.54, 1.807) is 7.05 Å². The Kier molecular flexibility index (Phi) is 6.95. The molecule has 27 heavy (non-hydrogen) atoms. The summed E-state index contributed by atoms with van der Waals surface area (Å²) in [4.78, 5) is 20.4. The van der Waals surface area contributed by atoms with Crippen LogP contribution in [0.25, 0.3) is 0 Å². The number of carbonyl (C=O) groups is 1. The molecule has 0 radical (unpaired) electrons. The third-order valence-corrected chi connectivity index (χ3v) is 5.12. The van der Waals surface area contributed by atoms with E-state index in [1.165, 1.54) is 36.3 Å². The number of likely N-dealkylation sites (N-methyl/N-ethyl adjacent to an activating group) is 1. The standard InChI is InChI=1S/C19H24N2O5S/c1-14-11-15(2)13-17(12-14)26-10-9-21(3)19(22)16-5-7-18(8-6-16)27(23,24)20-25-4/h5-8,11-13,20H,9-10H2,1-4H3. The Morgan fingerprint density at radius 1 is 1.07 bits per heavy atom. The summed E-state index contributed by atoms with van der Waals surface area (Å²) in [6.45, 7) is 4.76. The minimum atomic E-state index is -3.74. The lowest BCUT2D eigenvalue weighted by Crippen LogP contribution is -2.31. The number of nitrogens with one attached hydrogen (secondary N) is 1. The molecule has 2 aromatic rings. The molecule has 0 aromatic heterocycles. The Morgan fingerprint density at radius 2 is 1.67 bits per heavy atom. The van der Waals surface area contributed by atoms with Crippen molar-refractivity contribution in [2.24, 2.45) is 0 Å². The smallest absolute Gasteiger partial charge is 0.262 e. The number of rotatable bonds is 8. The summed E-state index contributed by atoms with van der Waals surface area (Å²) in [5.41, 5.74) is 2.63. The van der Waals surface area contributed by atoms with Gasteiger partial charge in [0.2, 0.25) is 0 Å². The minimum absolute atomic E-state index is 0.0155. The number of sulfonamides is 1. The van der Waals surface area contributed by atoms with Gasteiger partial charge in [0.1, 0.15) is 12.4 Å². The van der Waals surface area contributed by atoms with E-state index in [0.29, 0.717) is 18.7 Å². The van der Waals surface area contributed by atoms with Gasteiger partial charge in [-0.25, -0.2) is 8.42 Å². The summed E-state index contributed by atoms with van der Waals surface area (Å²) in [7, 11) is -0.858. The first-order chi connectivity index (χ1) is 12.7. The van der Waals surface area contributed by atoms with E-state index in [-0.39, 0.29) is 10.8 Å². The second-order valence-electron chi connectivity index (χ2n) is 6.21. The van der Waals surface area contributed by atoms with Gasteiger partial charge in [0.05, 0.1) is 18.6 Å². The molecule has 0 saturated heterocycles. The third kappa shape index (κ3) is 5.78. The van der Waals surface area contributed by atoms with Gasteiger partial charge < -0.3 is 9.64 Å². The Labute approximate surface area is 159 Å².